The molecule has 0 bridgehead atoms. The summed E-state index contributed by atoms with van der Waals surface area (Å²) in [5.74, 6) is 0.260. The standard InChI is InChI=1S/C15H21N2O2P/c1-6-17-15(18)12-8-7-11(10(2)3)14(20(4,5)19)13(12)9-16-17/h7-10H,6H2,1-5H3. The van der Waals surface area contributed by atoms with Crippen LogP contribution in [0.1, 0.15) is 32.3 Å². The first-order chi connectivity index (χ1) is 9.27. The Bertz CT molecular complexity index is 756. The predicted molar refractivity (Wildman–Crippen MR) is 84.9 cm³/mol. The molecular formula is C15H21N2O2P. The Labute approximate surface area is 119 Å². The Morgan fingerprint density at radius 2 is 1.90 bits per heavy atom. The van der Waals surface area contributed by atoms with Crippen LogP contribution in [0.15, 0.2) is 23.1 Å². The predicted octanol–water partition coefficient (Wildman–Crippen LogP) is 2.79. The highest BCUT2D eigenvalue weighted by Crippen LogP contribution is 2.40. The summed E-state index contributed by atoms with van der Waals surface area (Å²) >= 11 is 0. The molecule has 2 rings (SSSR count). The fourth-order valence-electron chi connectivity index (χ4n) is 2.55. The van der Waals surface area contributed by atoms with Gasteiger partial charge in [-0.25, -0.2) is 4.68 Å². The first kappa shape index (κ1) is 15.0. The third-order valence-corrected chi connectivity index (χ3v) is 5.08. The molecule has 0 radical (unpaired) electrons. The van der Waals surface area contributed by atoms with Gasteiger partial charge in [-0.3, -0.25) is 4.79 Å². The van der Waals surface area contributed by atoms with Crippen LogP contribution in [0, 0.1) is 0 Å². The van der Waals surface area contributed by atoms with Crippen LogP contribution in [-0.2, 0) is 11.1 Å². The zero-order chi connectivity index (χ0) is 15.1. The van der Waals surface area contributed by atoms with E-state index in [0.717, 1.165) is 16.3 Å². The zero-order valence-corrected chi connectivity index (χ0v) is 13.6. The minimum atomic E-state index is -2.49. The van der Waals surface area contributed by atoms with Gasteiger partial charge in [0.2, 0.25) is 0 Å². The van der Waals surface area contributed by atoms with Crippen molar-refractivity contribution in [3.8, 4) is 0 Å². The van der Waals surface area contributed by atoms with Crippen LogP contribution in [0.25, 0.3) is 10.8 Å². The zero-order valence-electron chi connectivity index (χ0n) is 12.7. The topological polar surface area (TPSA) is 52.0 Å². The molecule has 1 aromatic heterocycles. The third kappa shape index (κ3) is 2.45. The fourth-order valence-corrected chi connectivity index (χ4v) is 4.27. The van der Waals surface area contributed by atoms with E-state index >= 15 is 0 Å². The molecule has 4 nitrogen and oxygen atoms in total. The van der Waals surface area contributed by atoms with Crippen molar-refractivity contribution in [1.82, 2.24) is 9.78 Å². The maximum absolute atomic E-state index is 12.7. The van der Waals surface area contributed by atoms with E-state index in [2.05, 4.69) is 18.9 Å². The van der Waals surface area contributed by atoms with Gasteiger partial charge in [0.1, 0.15) is 7.14 Å². The molecule has 108 valence electrons. The van der Waals surface area contributed by atoms with Crippen molar-refractivity contribution in [3.05, 3.63) is 34.2 Å². The summed E-state index contributed by atoms with van der Waals surface area (Å²) in [4.78, 5) is 12.3. The Morgan fingerprint density at radius 1 is 1.25 bits per heavy atom. The summed E-state index contributed by atoms with van der Waals surface area (Å²) in [5.41, 5.74) is 0.927. The van der Waals surface area contributed by atoms with E-state index in [1.807, 2.05) is 19.1 Å². The quantitative estimate of drug-likeness (QED) is 0.817. The first-order valence-corrected chi connectivity index (χ1v) is 9.45. The molecule has 0 atom stereocenters. The highest BCUT2D eigenvalue weighted by atomic mass is 31.2. The van der Waals surface area contributed by atoms with Gasteiger partial charge >= 0.3 is 0 Å². The van der Waals surface area contributed by atoms with Gasteiger partial charge in [-0.2, -0.15) is 5.10 Å². The molecule has 1 aromatic carbocycles. The highest BCUT2D eigenvalue weighted by Gasteiger charge is 2.22. The van der Waals surface area contributed by atoms with E-state index in [0.29, 0.717) is 11.9 Å². The molecule has 0 unspecified atom stereocenters. The molecule has 0 saturated carbocycles. The van der Waals surface area contributed by atoms with Gasteiger partial charge in [0.15, 0.2) is 0 Å². The Balaban J connectivity index is 2.97. The lowest BCUT2D eigenvalue weighted by atomic mass is 10.0. The van der Waals surface area contributed by atoms with Crippen molar-refractivity contribution in [2.45, 2.75) is 33.2 Å². The largest absolute Gasteiger partial charge is 0.319 e. The summed E-state index contributed by atoms with van der Waals surface area (Å²) in [6.45, 7) is 10.1. The molecule has 2 aromatic rings. The molecule has 1 heterocycles. The second kappa shape index (κ2) is 5.17. The second-order valence-electron chi connectivity index (χ2n) is 5.74. The van der Waals surface area contributed by atoms with Gasteiger partial charge in [-0.05, 0) is 37.8 Å². The summed E-state index contributed by atoms with van der Waals surface area (Å²) in [5, 5.41) is 6.32. The molecular weight excluding hydrogens is 271 g/mol. The molecule has 0 saturated heterocycles. The molecule has 20 heavy (non-hydrogen) atoms. The monoisotopic (exact) mass is 292 g/mol. The van der Waals surface area contributed by atoms with Crippen LogP contribution >= 0.6 is 7.14 Å². The van der Waals surface area contributed by atoms with E-state index in [1.165, 1.54) is 4.68 Å². The number of benzene rings is 1. The average molecular weight is 292 g/mol. The maximum atomic E-state index is 12.7. The van der Waals surface area contributed by atoms with Gasteiger partial charge in [-0.15, -0.1) is 0 Å². The lowest BCUT2D eigenvalue weighted by Crippen LogP contribution is -2.24. The number of rotatable bonds is 3. The summed E-state index contributed by atoms with van der Waals surface area (Å²) in [6.07, 6.45) is 1.68. The van der Waals surface area contributed by atoms with Crippen LogP contribution in [0.4, 0.5) is 0 Å². The van der Waals surface area contributed by atoms with Crippen LogP contribution in [-0.4, -0.2) is 23.1 Å². The van der Waals surface area contributed by atoms with Crippen molar-refractivity contribution in [2.24, 2.45) is 0 Å². The van der Waals surface area contributed by atoms with Crippen LogP contribution in [0.3, 0.4) is 0 Å². The van der Waals surface area contributed by atoms with Gasteiger partial charge in [-0.1, -0.05) is 19.9 Å². The number of aryl methyl sites for hydroxylation is 1. The highest BCUT2D eigenvalue weighted by molar-refractivity contribution is 7.70. The summed E-state index contributed by atoms with van der Waals surface area (Å²) in [6, 6.07) is 3.77. The third-order valence-electron chi connectivity index (χ3n) is 3.50. The Morgan fingerprint density at radius 3 is 2.40 bits per heavy atom. The lowest BCUT2D eigenvalue weighted by Gasteiger charge is -2.19. The minimum absolute atomic E-state index is 0.116. The second-order valence-corrected chi connectivity index (χ2v) is 8.88. The lowest BCUT2D eigenvalue weighted by molar-refractivity contribution is 0.588. The summed E-state index contributed by atoms with van der Waals surface area (Å²) < 4.78 is 14.1. The van der Waals surface area contributed by atoms with Crippen LogP contribution in [0.2, 0.25) is 0 Å². The molecule has 5 heteroatoms. The van der Waals surface area contributed by atoms with Gasteiger partial charge < -0.3 is 4.57 Å². The number of hydrogen-bond donors (Lipinski definition) is 0. The minimum Gasteiger partial charge on any atom is -0.319 e. The molecule has 0 fully saturated rings. The van der Waals surface area contributed by atoms with E-state index in [4.69, 9.17) is 0 Å². The number of aromatic nitrogens is 2. The van der Waals surface area contributed by atoms with Gasteiger partial charge in [0, 0.05) is 17.2 Å². The molecule has 0 aliphatic carbocycles. The van der Waals surface area contributed by atoms with Gasteiger partial charge in [0.25, 0.3) is 5.56 Å². The maximum Gasteiger partial charge on any atom is 0.274 e. The SMILES string of the molecule is CCn1ncc2c(P(C)(C)=O)c(C(C)C)ccc2c1=O. The number of hydrogen-bond acceptors (Lipinski definition) is 3. The Hall–Kier alpha value is -1.41. The smallest absolute Gasteiger partial charge is 0.274 e. The number of nitrogens with zero attached hydrogens (tertiary/aromatic N) is 2. The Kier molecular flexibility index (Phi) is 3.88. The fraction of sp³-hybridized carbons (Fsp3) is 0.467. The van der Waals surface area contributed by atoms with E-state index < -0.39 is 7.14 Å². The molecule has 0 aliphatic heterocycles. The van der Waals surface area contributed by atoms with Crippen molar-refractivity contribution < 1.29 is 4.57 Å². The molecule has 0 spiro atoms. The van der Waals surface area contributed by atoms with Crippen LogP contribution < -0.4 is 10.9 Å². The van der Waals surface area contributed by atoms with E-state index in [1.54, 1.807) is 19.5 Å². The molecule has 0 amide bonds. The average Bonchev–Trinajstić information content (AvgIpc) is 2.36. The van der Waals surface area contributed by atoms with E-state index in [-0.39, 0.29) is 11.5 Å². The first-order valence-electron chi connectivity index (χ1n) is 6.85. The normalized spacial score (nSPS) is 12.3. The van der Waals surface area contributed by atoms with Crippen molar-refractivity contribution in [2.75, 3.05) is 13.3 Å². The van der Waals surface area contributed by atoms with Gasteiger partial charge in [0.05, 0.1) is 11.6 Å². The van der Waals surface area contributed by atoms with Crippen molar-refractivity contribution >= 4 is 23.2 Å². The number of fused-ring (bicyclic) bond motifs is 1. The van der Waals surface area contributed by atoms with Crippen molar-refractivity contribution in [3.63, 3.8) is 0 Å². The molecule has 0 N–H and O–H groups in total. The van der Waals surface area contributed by atoms with Crippen LogP contribution in [0.5, 0.6) is 0 Å². The van der Waals surface area contributed by atoms with E-state index in [9.17, 15) is 9.36 Å². The molecule has 0 aliphatic rings. The van der Waals surface area contributed by atoms with Crippen molar-refractivity contribution in [1.29, 1.82) is 0 Å². The summed E-state index contributed by atoms with van der Waals surface area (Å²) in [7, 11) is -2.49.